The van der Waals surface area contributed by atoms with E-state index in [0.717, 1.165) is 18.7 Å². The highest BCUT2D eigenvalue weighted by molar-refractivity contribution is 5.25. The first-order chi connectivity index (χ1) is 7.76. The predicted octanol–water partition coefficient (Wildman–Crippen LogP) is 2.98. The van der Waals surface area contributed by atoms with Crippen LogP contribution in [0.25, 0.3) is 0 Å². The van der Waals surface area contributed by atoms with E-state index in [1.54, 1.807) is 0 Å². The molecule has 2 heteroatoms. The van der Waals surface area contributed by atoms with Gasteiger partial charge in [0.2, 0.25) is 0 Å². The van der Waals surface area contributed by atoms with E-state index in [1.807, 2.05) is 12.1 Å². The minimum atomic E-state index is 0.506. The van der Waals surface area contributed by atoms with Crippen molar-refractivity contribution < 1.29 is 0 Å². The van der Waals surface area contributed by atoms with E-state index in [2.05, 4.69) is 37.1 Å². The number of rotatable bonds is 6. The molecule has 0 amide bonds. The Balaban J connectivity index is 2.53. The lowest BCUT2D eigenvalue weighted by Crippen LogP contribution is -2.18. The standard InChI is InChI=1S/C14H20N2/c1-3-4-10-16(2)12-14-7-5-6-13(11-14)8-9-15/h5-7,11H,3-4,8,10,12H2,1-2H3. The van der Waals surface area contributed by atoms with Gasteiger partial charge in [0.15, 0.2) is 0 Å². The highest BCUT2D eigenvalue weighted by atomic mass is 15.1. The molecule has 0 saturated heterocycles. The zero-order valence-electron chi connectivity index (χ0n) is 10.2. The predicted molar refractivity (Wildman–Crippen MR) is 67.0 cm³/mol. The van der Waals surface area contributed by atoms with Crippen LogP contribution in [0.4, 0.5) is 0 Å². The summed E-state index contributed by atoms with van der Waals surface area (Å²) in [5.41, 5.74) is 2.41. The summed E-state index contributed by atoms with van der Waals surface area (Å²) in [6, 6.07) is 10.5. The van der Waals surface area contributed by atoms with Gasteiger partial charge in [-0.2, -0.15) is 5.26 Å². The van der Waals surface area contributed by atoms with Crippen molar-refractivity contribution in [3.05, 3.63) is 35.4 Å². The third-order valence-corrected chi connectivity index (χ3v) is 2.62. The second-order valence-electron chi connectivity index (χ2n) is 4.25. The zero-order chi connectivity index (χ0) is 11.8. The van der Waals surface area contributed by atoms with Gasteiger partial charge in [-0.3, -0.25) is 0 Å². The Morgan fingerprint density at radius 2 is 2.06 bits per heavy atom. The molecule has 0 N–H and O–H groups in total. The fraction of sp³-hybridized carbons (Fsp3) is 0.500. The average molecular weight is 216 g/mol. The zero-order valence-corrected chi connectivity index (χ0v) is 10.2. The molecule has 0 spiro atoms. The fourth-order valence-electron chi connectivity index (χ4n) is 1.75. The number of nitriles is 1. The van der Waals surface area contributed by atoms with E-state index in [-0.39, 0.29) is 0 Å². The van der Waals surface area contributed by atoms with Crippen molar-refractivity contribution in [2.45, 2.75) is 32.7 Å². The van der Waals surface area contributed by atoms with Gasteiger partial charge < -0.3 is 4.90 Å². The Hall–Kier alpha value is -1.33. The molecule has 0 aliphatic rings. The minimum absolute atomic E-state index is 0.506. The molecular formula is C14H20N2. The van der Waals surface area contributed by atoms with E-state index < -0.39 is 0 Å². The summed E-state index contributed by atoms with van der Waals surface area (Å²) >= 11 is 0. The molecule has 0 heterocycles. The van der Waals surface area contributed by atoms with Crippen molar-refractivity contribution in [1.82, 2.24) is 4.90 Å². The first kappa shape index (κ1) is 12.7. The molecule has 0 saturated carbocycles. The number of hydrogen-bond acceptors (Lipinski definition) is 2. The van der Waals surface area contributed by atoms with Gasteiger partial charge in [-0.15, -0.1) is 0 Å². The largest absolute Gasteiger partial charge is 0.302 e. The van der Waals surface area contributed by atoms with Gasteiger partial charge in [-0.05, 0) is 31.1 Å². The summed E-state index contributed by atoms with van der Waals surface area (Å²) in [7, 11) is 2.15. The molecule has 0 fully saturated rings. The highest BCUT2D eigenvalue weighted by Crippen LogP contribution is 2.08. The fourth-order valence-corrected chi connectivity index (χ4v) is 1.75. The van der Waals surface area contributed by atoms with Gasteiger partial charge in [0.05, 0.1) is 12.5 Å². The Morgan fingerprint density at radius 3 is 2.75 bits per heavy atom. The maximum absolute atomic E-state index is 8.65. The van der Waals surface area contributed by atoms with Crippen molar-refractivity contribution in [3.63, 3.8) is 0 Å². The van der Waals surface area contributed by atoms with Gasteiger partial charge in [-0.1, -0.05) is 37.6 Å². The van der Waals surface area contributed by atoms with Crippen LogP contribution in [0, 0.1) is 11.3 Å². The summed E-state index contributed by atoms with van der Waals surface area (Å²) in [5.74, 6) is 0. The van der Waals surface area contributed by atoms with Crippen LogP contribution >= 0.6 is 0 Å². The van der Waals surface area contributed by atoms with Gasteiger partial charge in [0.25, 0.3) is 0 Å². The molecule has 0 radical (unpaired) electrons. The van der Waals surface area contributed by atoms with Gasteiger partial charge >= 0.3 is 0 Å². The van der Waals surface area contributed by atoms with Gasteiger partial charge in [0.1, 0.15) is 0 Å². The maximum atomic E-state index is 8.65. The summed E-state index contributed by atoms with van der Waals surface area (Å²) in [4.78, 5) is 2.33. The molecule has 1 rings (SSSR count). The third-order valence-electron chi connectivity index (χ3n) is 2.62. The Kier molecular flexibility index (Phi) is 5.60. The summed E-state index contributed by atoms with van der Waals surface area (Å²) in [6.07, 6.45) is 2.99. The van der Waals surface area contributed by atoms with Crippen LogP contribution in [0.1, 0.15) is 30.9 Å². The average Bonchev–Trinajstić information content (AvgIpc) is 2.27. The lowest BCUT2D eigenvalue weighted by Gasteiger charge is -2.16. The first-order valence-corrected chi connectivity index (χ1v) is 5.89. The Labute approximate surface area is 98.5 Å². The van der Waals surface area contributed by atoms with Crippen molar-refractivity contribution in [3.8, 4) is 6.07 Å². The van der Waals surface area contributed by atoms with Crippen molar-refractivity contribution >= 4 is 0 Å². The van der Waals surface area contributed by atoms with E-state index >= 15 is 0 Å². The molecule has 0 unspecified atom stereocenters. The van der Waals surface area contributed by atoms with Gasteiger partial charge in [0, 0.05) is 6.54 Å². The number of unbranched alkanes of at least 4 members (excludes halogenated alkanes) is 1. The number of hydrogen-bond donors (Lipinski definition) is 0. The van der Waals surface area contributed by atoms with Crippen LogP contribution in [0.5, 0.6) is 0 Å². The van der Waals surface area contributed by atoms with E-state index in [9.17, 15) is 0 Å². The van der Waals surface area contributed by atoms with Crippen LogP contribution in [0.3, 0.4) is 0 Å². The highest BCUT2D eigenvalue weighted by Gasteiger charge is 2.00. The smallest absolute Gasteiger partial charge is 0.0669 e. The van der Waals surface area contributed by atoms with Gasteiger partial charge in [-0.25, -0.2) is 0 Å². The summed E-state index contributed by atoms with van der Waals surface area (Å²) in [5, 5.41) is 8.65. The summed E-state index contributed by atoms with van der Waals surface area (Å²) in [6.45, 7) is 4.32. The molecule has 86 valence electrons. The Bertz CT molecular complexity index is 352. The molecule has 0 aliphatic carbocycles. The molecule has 0 atom stereocenters. The SMILES string of the molecule is CCCCN(C)Cc1cccc(CC#N)c1. The minimum Gasteiger partial charge on any atom is -0.302 e. The van der Waals surface area contributed by atoms with E-state index in [4.69, 9.17) is 5.26 Å². The lowest BCUT2D eigenvalue weighted by atomic mass is 10.1. The molecule has 16 heavy (non-hydrogen) atoms. The summed E-state index contributed by atoms with van der Waals surface area (Å²) < 4.78 is 0. The number of benzene rings is 1. The quantitative estimate of drug-likeness (QED) is 0.731. The molecular weight excluding hydrogens is 196 g/mol. The Morgan fingerprint density at radius 1 is 1.31 bits per heavy atom. The third kappa shape index (κ3) is 4.46. The van der Waals surface area contributed by atoms with Crippen molar-refractivity contribution in [1.29, 1.82) is 5.26 Å². The first-order valence-electron chi connectivity index (χ1n) is 5.89. The molecule has 0 bridgehead atoms. The second kappa shape index (κ2) is 7.03. The van der Waals surface area contributed by atoms with Crippen LogP contribution in [0.15, 0.2) is 24.3 Å². The van der Waals surface area contributed by atoms with Crippen LogP contribution < -0.4 is 0 Å². The number of nitrogens with zero attached hydrogens (tertiary/aromatic N) is 2. The topological polar surface area (TPSA) is 27.0 Å². The van der Waals surface area contributed by atoms with E-state index in [1.165, 1.54) is 18.4 Å². The van der Waals surface area contributed by atoms with Crippen LogP contribution in [-0.2, 0) is 13.0 Å². The molecule has 1 aromatic rings. The van der Waals surface area contributed by atoms with Crippen LogP contribution in [0.2, 0.25) is 0 Å². The normalized spacial score (nSPS) is 10.4. The molecule has 1 aromatic carbocycles. The maximum Gasteiger partial charge on any atom is 0.0669 e. The molecule has 0 aromatic heterocycles. The van der Waals surface area contributed by atoms with Crippen molar-refractivity contribution in [2.24, 2.45) is 0 Å². The molecule has 2 nitrogen and oxygen atoms in total. The van der Waals surface area contributed by atoms with E-state index in [0.29, 0.717) is 6.42 Å². The lowest BCUT2D eigenvalue weighted by molar-refractivity contribution is 0.321. The second-order valence-corrected chi connectivity index (χ2v) is 4.25. The van der Waals surface area contributed by atoms with Crippen LogP contribution in [-0.4, -0.2) is 18.5 Å². The monoisotopic (exact) mass is 216 g/mol. The van der Waals surface area contributed by atoms with Crippen molar-refractivity contribution in [2.75, 3.05) is 13.6 Å². The molecule has 0 aliphatic heterocycles.